The Bertz CT molecular complexity index is 1050. The molecule has 3 rings (SSSR count). The van der Waals surface area contributed by atoms with Crippen LogP contribution in [0.15, 0.2) is 46.8 Å². The minimum atomic E-state index is -0.160. The van der Waals surface area contributed by atoms with E-state index in [0.29, 0.717) is 16.5 Å². The molecule has 0 aliphatic heterocycles. The van der Waals surface area contributed by atoms with Gasteiger partial charge in [-0.25, -0.2) is 0 Å². The van der Waals surface area contributed by atoms with Crippen LogP contribution >= 0.6 is 23.1 Å². The summed E-state index contributed by atoms with van der Waals surface area (Å²) in [6, 6.07) is 13.3. The normalized spacial score (nSPS) is 10.5. The third kappa shape index (κ3) is 6.53. The third-order valence-electron chi connectivity index (χ3n) is 4.43. The van der Waals surface area contributed by atoms with Crippen LogP contribution < -0.4 is 16.0 Å². The Morgan fingerprint density at radius 3 is 2.26 bits per heavy atom. The number of aryl methyl sites for hydroxylation is 2. The average molecular weight is 456 g/mol. The van der Waals surface area contributed by atoms with E-state index in [2.05, 4.69) is 58.2 Å². The molecule has 2 aromatic carbocycles. The maximum Gasteiger partial charge on any atom is 0.234 e. The second kappa shape index (κ2) is 10.9. The molecular formula is C22H25N5O2S2. The molecule has 0 fully saturated rings. The molecule has 1 heterocycles. The van der Waals surface area contributed by atoms with Gasteiger partial charge in [0.1, 0.15) is 0 Å². The first-order chi connectivity index (χ1) is 15.0. The van der Waals surface area contributed by atoms with Crippen molar-refractivity contribution in [3.63, 3.8) is 0 Å². The van der Waals surface area contributed by atoms with Gasteiger partial charge in [0.15, 0.2) is 4.34 Å². The second-order valence-corrected chi connectivity index (χ2v) is 8.96. The quantitative estimate of drug-likeness (QED) is 0.389. The fourth-order valence-electron chi connectivity index (χ4n) is 3.03. The Kier molecular flexibility index (Phi) is 8.02. The van der Waals surface area contributed by atoms with E-state index in [1.807, 2.05) is 0 Å². The van der Waals surface area contributed by atoms with Gasteiger partial charge in [0.05, 0.1) is 5.75 Å². The SMILES string of the molecule is CCc1cccc(CC)c1Nc1nnc(SCC(=O)Nc2cccc(NC(C)=O)c2)s1. The van der Waals surface area contributed by atoms with Gasteiger partial charge in [-0.05, 0) is 42.2 Å². The maximum atomic E-state index is 12.3. The molecule has 7 nitrogen and oxygen atoms in total. The standard InChI is InChI=1S/C22H25N5O2S2/c1-4-15-8-6-9-16(5-2)20(15)25-21-26-27-22(31-21)30-13-19(29)24-18-11-7-10-17(12-18)23-14(3)28/h6-12H,4-5,13H2,1-3H3,(H,23,28)(H,24,29)(H,25,26). The van der Waals surface area contributed by atoms with Crippen LogP contribution in [0.5, 0.6) is 0 Å². The molecule has 0 aliphatic rings. The molecule has 0 unspecified atom stereocenters. The highest BCUT2D eigenvalue weighted by Gasteiger charge is 2.12. The smallest absolute Gasteiger partial charge is 0.234 e. The van der Waals surface area contributed by atoms with E-state index < -0.39 is 0 Å². The maximum absolute atomic E-state index is 12.3. The number of para-hydroxylation sites is 1. The molecule has 0 bridgehead atoms. The lowest BCUT2D eigenvalue weighted by atomic mass is 10.0. The molecule has 0 aliphatic carbocycles. The topological polar surface area (TPSA) is 96.0 Å². The Labute approximate surface area is 190 Å². The van der Waals surface area contributed by atoms with Crippen LogP contribution in [0.1, 0.15) is 31.9 Å². The van der Waals surface area contributed by atoms with Crippen molar-refractivity contribution in [2.75, 3.05) is 21.7 Å². The van der Waals surface area contributed by atoms with Crippen LogP contribution in [0.25, 0.3) is 0 Å². The number of thioether (sulfide) groups is 1. The molecule has 0 saturated heterocycles. The van der Waals surface area contributed by atoms with Gasteiger partial charge >= 0.3 is 0 Å². The van der Waals surface area contributed by atoms with Crippen molar-refractivity contribution in [1.29, 1.82) is 0 Å². The third-order valence-corrected chi connectivity index (χ3v) is 6.40. The first kappa shape index (κ1) is 22.8. The first-order valence-electron chi connectivity index (χ1n) is 10.00. The molecule has 31 heavy (non-hydrogen) atoms. The van der Waals surface area contributed by atoms with Crippen molar-refractivity contribution in [1.82, 2.24) is 10.2 Å². The highest BCUT2D eigenvalue weighted by atomic mass is 32.2. The molecule has 162 valence electrons. The number of amides is 2. The number of benzene rings is 2. The molecule has 0 radical (unpaired) electrons. The van der Waals surface area contributed by atoms with Gasteiger partial charge in [0, 0.05) is 24.0 Å². The summed E-state index contributed by atoms with van der Waals surface area (Å²) < 4.78 is 0.719. The van der Waals surface area contributed by atoms with E-state index in [1.54, 1.807) is 24.3 Å². The molecule has 0 atom stereocenters. The second-order valence-electron chi connectivity index (χ2n) is 6.76. The summed E-state index contributed by atoms with van der Waals surface area (Å²) in [7, 11) is 0. The lowest BCUT2D eigenvalue weighted by Crippen LogP contribution is -2.14. The molecule has 9 heteroatoms. The van der Waals surface area contributed by atoms with Crippen LogP contribution in [0.2, 0.25) is 0 Å². The van der Waals surface area contributed by atoms with Crippen LogP contribution in [0, 0.1) is 0 Å². The van der Waals surface area contributed by atoms with Gasteiger partial charge in [-0.2, -0.15) is 0 Å². The van der Waals surface area contributed by atoms with Crippen LogP contribution in [0.3, 0.4) is 0 Å². The van der Waals surface area contributed by atoms with E-state index >= 15 is 0 Å². The number of aromatic nitrogens is 2. The lowest BCUT2D eigenvalue weighted by Gasteiger charge is -2.13. The fourth-order valence-corrected chi connectivity index (χ4v) is 4.59. The fraction of sp³-hybridized carbons (Fsp3) is 0.273. The van der Waals surface area contributed by atoms with Crippen molar-refractivity contribution < 1.29 is 9.59 Å². The monoisotopic (exact) mass is 455 g/mol. The Balaban J connectivity index is 1.57. The first-order valence-corrected chi connectivity index (χ1v) is 11.8. The average Bonchev–Trinajstić information content (AvgIpc) is 3.19. The van der Waals surface area contributed by atoms with E-state index in [-0.39, 0.29) is 17.6 Å². The molecule has 0 saturated carbocycles. The number of rotatable bonds is 9. The minimum absolute atomic E-state index is 0.153. The molecule has 3 N–H and O–H groups in total. The van der Waals surface area contributed by atoms with E-state index in [1.165, 1.54) is 41.1 Å². The summed E-state index contributed by atoms with van der Waals surface area (Å²) in [4.78, 5) is 23.5. The molecule has 2 amide bonds. The Morgan fingerprint density at radius 2 is 1.61 bits per heavy atom. The van der Waals surface area contributed by atoms with Crippen molar-refractivity contribution in [2.24, 2.45) is 0 Å². The molecule has 3 aromatic rings. The summed E-state index contributed by atoms with van der Waals surface area (Å²) >= 11 is 2.76. The number of nitrogens with zero attached hydrogens (tertiary/aromatic N) is 2. The molecular weight excluding hydrogens is 430 g/mol. The number of hydrogen-bond donors (Lipinski definition) is 3. The van der Waals surface area contributed by atoms with Crippen LogP contribution in [-0.2, 0) is 22.4 Å². The van der Waals surface area contributed by atoms with E-state index in [9.17, 15) is 9.59 Å². The van der Waals surface area contributed by atoms with Gasteiger partial charge in [-0.3, -0.25) is 9.59 Å². The zero-order chi connectivity index (χ0) is 22.2. The number of carbonyl (C=O) groups is 2. The summed E-state index contributed by atoms with van der Waals surface area (Å²) in [5.41, 5.74) is 4.84. The largest absolute Gasteiger partial charge is 0.330 e. The van der Waals surface area contributed by atoms with Crippen molar-refractivity contribution >= 4 is 57.1 Å². The zero-order valence-electron chi connectivity index (χ0n) is 17.7. The van der Waals surface area contributed by atoms with E-state index in [4.69, 9.17) is 0 Å². The number of hydrogen-bond acceptors (Lipinski definition) is 7. The number of anilines is 4. The highest BCUT2D eigenvalue weighted by molar-refractivity contribution is 8.01. The van der Waals surface area contributed by atoms with Crippen molar-refractivity contribution in [3.05, 3.63) is 53.6 Å². The summed E-state index contributed by atoms with van der Waals surface area (Å²) in [5.74, 6) is -0.100. The minimum Gasteiger partial charge on any atom is -0.330 e. The summed E-state index contributed by atoms with van der Waals surface area (Å²) in [6.45, 7) is 5.70. The predicted molar refractivity (Wildman–Crippen MR) is 128 cm³/mol. The summed E-state index contributed by atoms with van der Waals surface area (Å²) in [6.07, 6.45) is 1.86. The number of carbonyl (C=O) groups excluding carboxylic acids is 2. The molecule has 1 aromatic heterocycles. The lowest BCUT2D eigenvalue weighted by molar-refractivity contribution is -0.114. The van der Waals surface area contributed by atoms with Gasteiger partial charge in [-0.15, -0.1) is 10.2 Å². The van der Waals surface area contributed by atoms with Crippen molar-refractivity contribution in [3.8, 4) is 0 Å². The Hall–Kier alpha value is -2.91. The van der Waals surface area contributed by atoms with E-state index in [0.717, 1.165) is 22.9 Å². The summed E-state index contributed by atoms with van der Waals surface area (Å²) in [5, 5.41) is 18.1. The van der Waals surface area contributed by atoms with Crippen LogP contribution in [0.4, 0.5) is 22.2 Å². The van der Waals surface area contributed by atoms with Gasteiger partial charge in [0.2, 0.25) is 16.9 Å². The highest BCUT2D eigenvalue weighted by Crippen LogP contribution is 2.31. The van der Waals surface area contributed by atoms with Gasteiger partial charge < -0.3 is 16.0 Å². The van der Waals surface area contributed by atoms with Gasteiger partial charge in [0.25, 0.3) is 0 Å². The zero-order valence-corrected chi connectivity index (χ0v) is 19.3. The van der Waals surface area contributed by atoms with Crippen molar-refractivity contribution in [2.45, 2.75) is 38.0 Å². The van der Waals surface area contributed by atoms with Gasteiger partial charge in [-0.1, -0.05) is 61.2 Å². The van der Waals surface area contributed by atoms with Crippen LogP contribution in [-0.4, -0.2) is 27.8 Å². The predicted octanol–water partition coefficient (Wildman–Crippen LogP) is 5.10. The number of nitrogens with one attached hydrogen (secondary N) is 3. The molecule has 0 spiro atoms. The Morgan fingerprint density at radius 1 is 0.968 bits per heavy atom.